The Labute approximate surface area is 121 Å². The standard InChI is InChI=1S/C15H17BrO3/c1-10(2)9-19-13-5-4-11(8-12(13)16)15(14(17)18)6-3-7-15/h4-5,8H,1,3,6-7,9H2,2H3,(H,17,18). The number of benzene rings is 1. The second-order valence-electron chi connectivity index (χ2n) is 5.13. The van der Waals surface area contributed by atoms with Crippen molar-refractivity contribution in [3.63, 3.8) is 0 Å². The predicted molar refractivity (Wildman–Crippen MR) is 77.6 cm³/mol. The lowest BCUT2D eigenvalue weighted by Crippen LogP contribution is -2.42. The normalized spacial score (nSPS) is 16.5. The molecule has 0 spiro atoms. The molecule has 3 nitrogen and oxygen atoms in total. The molecule has 1 aromatic carbocycles. The first kappa shape index (κ1) is 14.1. The van der Waals surface area contributed by atoms with Crippen LogP contribution < -0.4 is 4.74 Å². The van der Waals surface area contributed by atoms with Crippen LogP contribution >= 0.6 is 15.9 Å². The maximum Gasteiger partial charge on any atom is 0.314 e. The lowest BCUT2D eigenvalue weighted by molar-refractivity contribution is -0.147. The summed E-state index contributed by atoms with van der Waals surface area (Å²) in [6, 6.07) is 5.54. The first-order valence-electron chi connectivity index (χ1n) is 6.26. The smallest absolute Gasteiger partial charge is 0.314 e. The van der Waals surface area contributed by atoms with Crippen molar-refractivity contribution in [2.75, 3.05) is 6.61 Å². The summed E-state index contributed by atoms with van der Waals surface area (Å²) in [5, 5.41) is 9.42. The zero-order valence-electron chi connectivity index (χ0n) is 10.9. The molecule has 1 aliphatic rings. The molecule has 2 rings (SSSR count). The summed E-state index contributed by atoms with van der Waals surface area (Å²) in [6.45, 7) is 6.14. The van der Waals surface area contributed by atoms with Crippen molar-refractivity contribution < 1.29 is 14.6 Å². The second kappa shape index (κ2) is 5.37. The molecule has 0 amide bonds. The quantitative estimate of drug-likeness (QED) is 0.835. The second-order valence-corrected chi connectivity index (χ2v) is 5.99. The molecule has 0 atom stereocenters. The van der Waals surface area contributed by atoms with Crippen LogP contribution in [-0.2, 0) is 10.2 Å². The third kappa shape index (κ3) is 2.68. The van der Waals surface area contributed by atoms with Gasteiger partial charge in [0.1, 0.15) is 12.4 Å². The highest BCUT2D eigenvalue weighted by Crippen LogP contribution is 2.45. The van der Waals surface area contributed by atoms with Crippen molar-refractivity contribution in [3.05, 3.63) is 40.4 Å². The van der Waals surface area contributed by atoms with Crippen LogP contribution in [-0.4, -0.2) is 17.7 Å². The van der Waals surface area contributed by atoms with E-state index in [2.05, 4.69) is 22.5 Å². The molecule has 1 aliphatic carbocycles. The minimum absolute atomic E-state index is 0.460. The molecule has 0 heterocycles. The molecule has 0 bridgehead atoms. The van der Waals surface area contributed by atoms with Crippen LogP contribution in [0.3, 0.4) is 0 Å². The minimum Gasteiger partial charge on any atom is -0.488 e. The Morgan fingerprint density at radius 3 is 2.63 bits per heavy atom. The monoisotopic (exact) mass is 324 g/mol. The van der Waals surface area contributed by atoms with Crippen molar-refractivity contribution in [1.82, 2.24) is 0 Å². The van der Waals surface area contributed by atoms with Gasteiger partial charge in [-0.2, -0.15) is 0 Å². The molecule has 0 aromatic heterocycles. The molecule has 0 saturated heterocycles. The third-order valence-electron chi connectivity index (χ3n) is 3.58. The Kier molecular flexibility index (Phi) is 3.99. The van der Waals surface area contributed by atoms with Crippen LogP contribution in [0.4, 0.5) is 0 Å². The number of carboxylic acid groups (broad SMARTS) is 1. The summed E-state index contributed by atoms with van der Waals surface area (Å²) in [5.41, 5.74) is 1.09. The number of ether oxygens (including phenoxy) is 1. The van der Waals surface area contributed by atoms with E-state index >= 15 is 0 Å². The van der Waals surface area contributed by atoms with E-state index in [4.69, 9.17) is 4.74 Å². The van der Waals surface area contributed by atoms with Gasteiger partial charge < -0.3 is 9.84 Å². The van der Waals surface area contributed by atoms with Gasteiger partial charge in [-0.25, -0.2) is 0 Å². The van der Waals surface area contributed by atoms with Crippen molar-refractivity contribution in [2.24, 2.45) is 0 Å². The highest BCUT2D eigenvalue weighted by Gasteiger charge is 2.46. The van der Waals surface area contributed by atoms with E-state index in [0.29, 0.717) is 25.2 Å². The topological polar surface area (TPSA) is 46.5 Å². The van der Waals surface area contributed by atoms with Gasteiger partial charge >= 0.3 is 5.97 Å². The Bertz CT molecular complexity index is 518. The first-order chi connectivity index (χ1) is 8.95. The Hall–Kier alpha value is -1.29. The number of rotatable bonds is 5. The van der Waals surface area contributed by atoms with E-state index in [1.54, 1.807) is 0 Å². The van der Waals surface area contributed by atoms with E-state index in [9.17, 15) is 9.90 Å². The highest BCUT2D eigenvalue weighted by molar-refractivity contribution is 9.10. The first-order valence-corrected chi connectivity index (χ1v) is 7.05. The molecule has 1 N–H and O–H groups in total. The molecule has 19 heavy (non-hydrogen) atoms. The third-order valence-corrected chi connectivity index (χ3v) is 4.19. The summed E-state index contributed by atoms with van der Waals surface area (Å²) >= 11 is 3.44. The predicted octanol–water partition coefficient (Wildman–Crippen LogP) is 3.91. The number of halogens is 1. The molecule has 1 aromatic rings. The van der Waals surface area contributed by atoms with E-state index in [1.807, 2.05) is 25.1 Å². The van der Waals surface area contributed by atoms with E-state index in [0.717, 1.165) is 22.0 Å². The lowest BCUT2D eigenvalue weighted by atomic mass is 9.64. The van der Waals surface area contributed by atoms with Crippen molar-refractivity contribution >= 4 is 21.9 Å². The van der Waals surface area contributed by atoms with Gasteiger partial charge in [0, 0.05) is 0 Å². The maximum absolute atomic E-state index is 11.5. The Morgan fingerprint density at radius 1 is 1.53 bits per heavy atom. The van der Waals surface area contributed by atoms with Crippen LogP contribution in [0.2, 0.25) is 0 Å². The van der Waals surface area contributed by atoms with Gasteiger partial charge in [-0.05, 0) is 59.0 Å². The van der Waals surface area contributed by atoms with E-state index in [1.165, 1.54) is 0 Å². The Morgan fingerprint density at radius 2 is 2.21 bits per heavy atom. The van der Waals surface area contributed by atoms with Crippen LogP contribution in [0.1, 0.15) is 31.7 Å². The largest absolute Gasteiger partial charge is 0.488 e. The number of carboxylic acids is 1. The highest BCUT2D eigenvalue weighted by atomic mass is 79.9. The van der Waals surface area contributed by atoms with Gasteiger partial charge in [0.15, 0.2) is 0 Å². The van der Waals surface area contributed by atoms with Crippen molar-refractivity contribution in [3.8, 4) is 5.75 Å². The fourth-order valence-corrected chi connectivity index (χ4v) is 2.77. The molecule has 1 saturated carbocycles. The lowest BCUT2D eigenvalue weighted by Gasteiger charge is -2.38. The van der Waals surface area contributed by atoms with Crippen LogP contribution in [0.5, 0.6) is 5.75 Å². The zero-order valence-corrected chi connectivity index (χ0v) is 12.5. The molecule has 0 aliphatic heterocycles. The van der Waals surface area contributed by atoms with Gasteiger partial charge in [0.25, 0.3) is 0 Å². The molecule has 0 radical (unpaired) electrons. The minimum atomic E-state index is -0.735. The Balaban J connectivity index is 2.23. The van der Waals surface area contributed by atoms with Gasteiger partial charge in [0.05, 0.1) is 9.89 Å². The number of aliphatic carboxylic acids is 1. The molecule has 4 heteroatoms. The average Bonchev–Trinajstić information content (AvgIpc) is 2.25. The SMILES string of the molecule is C=C(C)COc1ccc(C2(C(=O)O)CCC2)cc1Br. The van der Waals surface area contributed by atoms with Gasteiger partial charge in [-0.15, -0.1) is 0 Å². The average molecular weight is 325 g/mol. The van der Waals surface area contributed by atoms with Crippen LogP contribution in [0, 0.1) is 0 Å². The fraction of sp³-hybridized carbons (Fsp3) is 0.400. The van der Waals surface area contributed by atoms with Crippen LogP contribution in [0.15, 0.2) is 34.8 Å². The van der Waals surface area contributed by atoms with Crippen molar-refractivity contribution in [1.29, 1.82) is 0 Å². The number of hydrogen-bond acceptors (Lipinski definition) is 2. The molecule has 0 unspecified atom stereocenters. The van der Waals surface area contributed by atoms with Gasteiger partial charge in [-0.3, -0.25) is 4.79 Å². The van der Waals surface area contributed by atoms with Gasteiger partial charge in [0.2, 0.25) is 0 Å². The van der Waals surface area contributed by atoms with E-state index < -0.39 is 11.4 Å². The summed E-state index contributed by atoms with van der Waals surface area (Å²) in [7, 11) is 0. The molecule has 102 valence electrons. The summed E-state index contributed by atoms with van der Waals surface area (Å²) in [6.07, 6.45) is 2.39. The molecular weight excluding hydrogens is 308 g/mol. The summed E-state index contributed by atoms with van der Waals surface area (Å²) in [5.74, 6) is -0.0205. The van der Waals surface area contributed by atoms with Crippen LogP contribution in [0.25, 0.3) is 0 Å². The maximum atomic E-state index is 11.5. The van der Waals surface area contributed by atoms with Gasteiger partial charge in [-0.1, -0.05) is 19.1 Å². The molecular formula is C15H17BrO3. The van der Waals surface area contributed by atoms with E-state index in [-0.39, 0.29) is 0 Å². The summed E-state index contributed by atoms with van der Waals surface area (Å²) < 4.78 is 6.37. The van der Waals surface area contributed by atoms with Crippen molar-refractivity contribution in [2.45, 2.75) is 31.6 Å². The number of carbonyl (C=O) groups is 1. The fourth-order valence-electron chi connectivity index (χ4n) is 2.27. The zero-order chi connectivity index (χ0) is 14.0. The molecule has 1 fully saturated rings. The number of hydrogen-bond donors (Lipinski definition) is 1. The summed E-state index contributed by atoms with van der Waals surface area (Å²) in [4.78, 5) is 11.5.